The maximum Gasteiger partial charge on any atom is 0.277 e. The number of hydrogen-bond acceptors (Lipinski definition) is 6. The monoisotopic (exact) mass is 395 g/mol. The van der Waals surface area contributed by atoms with E-state index in [1.807, 2.05) is 17.9 Å². The Hall–Kier alpha value is -1.73. The molecule has 1 aromatic carbocycles. The topological polar surface area (TPSA) is 68.5 Å². The summed E-state index contributed by atoms with van der Waals surface area (Å²) in [6, 6.07) is 5.74. The predicted octanol–water partition coefficient (Wildman–Crippen LogP) is 4.10. The van der Waals surface area contributed by atoms with Crippen molar-refractivity contribution in [2.75, 3.05) is 12.3 Å². The molecule has 3 rings (SSSR count). The standard InChI is InChI=1S/C18H22ClN3O3S/c1-12-9-14(6-7-15(12)19)24-10-16-20-21-18(25-16)26-11-17(23)22-8-4-3-5-13(22)2/h6-7,9,13H,3-5,8,10-11H2,1-2H3/t13-/m0/s1. The number of hydrogen-bond donors (Lipinski definition) is 0. The summed E-state index contributed by atoms with van der Waals surface area (Å²) in [4.78, 5) is 14.3. The van der Waals surface area contributed by atoms with Gasteiger partial charge in [-0.3, -0.25) is 4.79 Å². The van der Waals surface area contributed by atoms with Gasteiger partial charge in [0.05, 0.1) is 5.75 Å². The van der Waals surface area contributed by atoms with Crippen LogP contribution in [0.3, 0.4) is 0 Å². The molecule has 1 fully saturated rings. The molecule has 1 amide bonds. The van der Waals surface area contributed by atoms with Crippen LogP contribution in [0.25, 0.3) is 0 Å². The van der Waals surface area contributed by atoms with Crippen LogP contribution in [0.2, 0.25) is 5.02 Å². The Labute approximate surface area is 162 Å². The quantitative estimate of drug-likeness (QED) is 0.686. The Kier molecular flexibility index (Phi) is 6.43. The summed E-state index contributed by atoms with van der Waals surface area (Å²) in [5.41, 5.74) is 0.941. The van der Waals surface area contributed by atoms with Crippen molar-refractivity contribution in [2.24, 2.45) is 0 Å². The minimum Gasteiger partial charge on any atom is -0.484 e. The number of aromatic nitrogens is 2. The summed E-state index contributed by atoms with van der Waals surface area (Å²) in [5.74, 6) is 1.49. The van der Waals surface area contributed by atoms with Gasteiger partial charge in [0, 0.05) is 17.6 Å². The lowest BCUT2D eigenvalue weighted by molar-refractivity contribution is -0.131. The van der Waals surface area contributed by atoms with Crippen LogP contribution in [-0.4, -0.2) is 39.3 Å². The molecule has 0 spiro atoms. The fourth-order valence-corrected chi connectivity index (χ4v) is 3.67. The Morgan fingerprint density at radius 3 is 3.04 bits per heavy atom. The zero-order valence-electron chi connectivity index (χ0n) is 14.9. The van der Waals surface area contributed by atoms with E-state index < -0.39 is 0 Å². The zero-order chi connectivity index (χ0) is 18.5. The minimum atomic E-state index is 0.120. The Balaban J connectivity index is 1.48. The number of aryl methyl sites for hydroxylation is 1. The Morgan fingerprint density at radius 2 is 2.27 bits per heavy atom. The van der Waals surface area contributed by atoms with E-state index in [2.05, 4.69) is 17.1 Å². The van der Waals surface area contributed by atoms with Crippen molar-refractivity contribution in [3.05, 3.63) is 34.7 Å². The third-order valence-electron chi connectivity index (χ3n) is 4.38. The smallest absolute Gasteiger partial charge is 0.277 e. The van der Waals surface area contributed by atoms with Gasteiger partial charge in [0.1, 0.15) is 5.75 Å². The van der Waals surface area contributed by atoms with Crippen molar-refractivity contribution in [3.8, 4) is 5.75 Å². The summed E-state index contributed by atoms with van der Waals surface area (Å²) < 4.78 is 11.2. The van der Waals surface area contributed by atoms with Crippen molar-refractivity contribution in [1.82, 2.24) is 15.1 Å². The summed E-state index contributed by atoms with van der Waals surface area (Å²) in [5, 5.41) is 9.01. The summed E-state index contributed by atoms with van der Waals surface area (Å²) >= 11 is 7.26. The highest BCUT2D eigenvalue weighted by atomic mass is 35.5. The van der Waals surface area contributed by atoms with E-state index in [-0.39, 0.29) is 12.5 Å². The summed E-state index contributed by atoms with van der Waals surface area (Å²) in [6.07, 6.45) is 3.34. The number of benzene rings is 1. The van der Waals surface area contributed by atoms with Crippen LogP contribution in [0.4, 0.5) is 0 Å². The van der Waals surface area contributed by atoms with Gasteiger partial charge in [0.25, 0.3) is 11.1 Å². The van der Waals surface area contributed by atoms with Crippen molar-refractivity contribution in [3.63, 3.8) is 0 Å². The van der Waals surface area contributed by atoms with E-state index in [4.69, 9.17) is 20.8 Å². The number of halogens is 1. The molecule has 2 heterocycles. The van der Waals surface area contributed by atoms with Gasteiger partial charge in [0.15, 0.2) is 6.61 Å². The fourth-order valence-electron chi connectivity index (χ4n) is 2.88. The van der Waals surface area contributed by atoms with Crippen molar-refractivity contribution in [2.45, 2.75) is 51.0 Å². The van der Waals surface area contributed by atoms with Gasteiger partial charge in [-0.1, -0.05) is 23.4 Å². The first-order chi connectivity index (χ1) is 12.5. The second-order valence-corrected chi connectivity index (χ2v) is 7.72. The molecule has 1 atom stereocenters. The summed E-state index contributed by atoms with van der Waals surface area (Å²) in [6.45, 7) is 5.02. The maximum atomic E-state index is 12.3. The third kappa shape index (κ3) is 4.92. The normalized spacial score (nSPS) is 17.3. The first-order valence-electron chi connectivity index (χ1n) is 8.66. The van der Waals surface area contributed by atoms with E-state index in [1.165, 1.54) is 18.2 Å². The third-order valence-corrected chi connectivity index (χ3v) is 5.61. The minimum absolute atomic E-state index is 0.120. The van der Waals surface area contributed by atoms with Gasteiger partial charge in [0.2, 0.25) is 5.91 Å². The summed E-state index contributed by atoms with van der Waals surface area (Å²) in [7, 11) is 0. The molecule has 6 nitrogen and oxygen atoms in total. The van der Waals surface area contributed by atoms with Gasteiger partial charge < -0.3 is 14.1 Å². The second-order valence-electron chi connectivity index (χ2n) is 6.38. The molecular formula is C18H22ClN3O3S. The number of likely N-dealkylation sites (tertiary alicyclic amines) is 1. The Morgan fingerprint density at radius 1 is 1.42 bits per heavy atom. The molecule has 140 valence electrons. The van der Waals surface area contributed by atoms with E-state index in [0.29, 0.717) is 33.7 Å². The molecule has 26 heavy (non-hydrogen) atoms. The van der Waals surface area contributed by atoms with E-state index in [0.717, 1.165) is 24.9 Å². The van der Waals surface area contributed by atoms with Crippen LogP contribution in [0.5, 0.6) is 5.75 Å². The molecule has 0 unspecified atom stereocenters. The number of piperidine rings is 1. The highest BCUT2D eigenvalue weighted by Crippen LogP contribution is 2.23. The molecule has 1 saturated heterocycles. The lowest BCUT2D eigenvalue weighted by Crippen LogP contribution is -2.42. The molecule has 1 aliphatic heterocycles. The number of amides is 1. The maximum absolute atomic E-state index is 12.3. The molecule has 2 aromatic rings. The van der Waals surface area contributed by atoms with E-state index in [9.17, 15) is 4.79 Å². The molecule has 0 saturated carbocycles. The molecular weight excluding hydrogens is 374 g/mol. The van der Waals surface area contributed by atoms with Gasteiger partial charge in [-0.15, -0.1) is 10.2 Å². The molecule has 0 bridgehead atoms. The van der Waals surface area contributed by atoms with Crippen molar-refractivity contribution >= 4 is 29.3 Å². The number of rotatable bonds is 6. The van der Waals surface area contributed by atoms with E-state index >= 15 is 0 Å². The first kappa shape index (κ1) is 19.0. The van der Waals surface area contributed by atoms with Gasteiger partial charge in [-0.25, -0.2) is 0 Å². The molecule has 0 N–H and O–H groups in total. The zero-order valence-corrected chi connectivity index (χ0v) is 16.5. The molecule has 1 aromatic heterocycles. The fraction of sp³-hybridized carbons (Fsp3) is 0.500. The number of thioether (sulfide) groups is 1. The number of nitrogens with zero attached hydrogens (tertiary/aromatic N) is 3. The predicted molar refractivity (Wildman–Crippen MR) is 101 cm³/mol. The van der Waals surface area contributed by atoms with E-state index in [1.54, 1.807) is 12.1 Å². The van der Waals surface area contributed by atoms with Gasteiger partial charge >= 0.3 is 0 Å². The van der Waals surface area contributed by atoms with Crippen LogP contribution >= 0.6 is 23.4 Å². The van der Waals surface area contributed by atoms with Crippen LogP contribution in [0.15, 0.2) is 27.8 Å². The number of ether oxygens (including phenoxy) is 1. The lowest BCUT2D eigenvalue weighted by atomic mass is 10.0. The second kappa shape index (κ2) is 8.77. The average molecular weight is 396 g/mol. The number of carbonyl (C=O) groups excluding carboxylic acids is 1. The highest BCUT2D eigenvalue weighted by Gasteiger charge is 2.23. The van der Waals surface area contributed by atoms with Crippen molar-refractivity contribution < 1.29 is 13.9 Å². The van der Waals surface area contributed by atoms with Gasteiger partial charge in [-0.05, 0) is 56.9 Å². The van der Waals surface area contributed by atoms with Crippen LogP contribution < -0.4 is 4.74 Å². The number of carbonyl (C=O) groups is 1. The molecule has 1 aliphatic rings. The van der Waals surface area contributed by atoms with Crippen LogP contribution in [0, 0.1) is 6.92 Å². The largest absolute Gasteiger partial charge is 0.484 e. The molecule has 0 aliphatic carbocycles. The van der Waals surface area contributed by atoms with Crippen molar-refractivity contribution in [1.29, 1.82) is 0 Å². The molecule has 0 radical (unpaired) electrons. The highest BCUT2D eigenvalue weighted by molar-refractivity contribution is 7.99. The lowest BCUT2D eigenvalue weighted by Gasteiger charge is -2.33. The van der Waals surface area contributed by atoms with Gasteiger partial charge in [-0.2, -0.15) is 0 Å². The average Bonchev–Trinajstić information content (AvgIpc) is 3.09. The van der Waals surface area contributed by atoms with Crippen LogP contribution in [0.1, 0.15) is 37.6 Å². The SMILES string of the molecule is Cc1cc(OCc2nnc(SCC(=O)N3CCCC[C@@H]3C)o2)ccc1Cl. The first-order valence-corrected chi connectivity index (χ1v) is 10.0. The van der Waals surface area contributed by atoms with Crippen LogP contribution in [-0.2, 0) is 11.4 Å². The molecule has 8 heteroatoms. The Bertz CT molecular complexity index is 768.